The summed E-state index contributed by atoms with van der Waals surface area (Å²) in [5, 5.41) is 15.9. The highest BCUT2D eigenvalue weighted by molar-refractivity contribution is 6.04. The van der Waals surface area contributed by atoms with Gasteiger partial charge in [-0.2, -0.15) is 5.26 Å². The van der Waals surface area contributed by atoms with Gasteiger partial charge in [-0.05, 0) is 54.0 Å². The van der Waals surface area contributed by atoms with E-state index >= 15 is 0 Å². The molecule has 1 fully saturated rings. The third-order valence-corrected chi connectivity index (χ3v) is 7.31. The number of likely N-dealkylation sites (tertiary alicyclic amines) is 1. The smallest absolute Gasteiger partial charge is 0.264 e. The Balaban J connectivity index is 1.67. The topological polar surface area (TPSA) is 103 Å². The lowest BCUT2D eigenvalue weighted by Gasteiger charge is -2.26. The Morgan fingerprint density at radius 2 is 1.95 bits per heavy atom. The highest BCUT2D eigenvalue weighted by Gasteiger charge is 2.32. The molecule has 1 aliphatic rings. The summed E-state index contributed by atoms with van der Waals surface area (Å²) in [5.41, 5.74) is 2.57. The second-order valence-electron chi connectivity index (χ2n) is 12.6. The predicted molar refractivity (Wildman–Crippen MR) is 164 cm³/mol. The third-order valence-electron chi connectivity index (χ3n) is 7.31. The normalized spacial score (nSPS) is 15.9. The number of hydrogen-bond acceptors (Lipinski definition) is 5. The average molecular weight is 591 g/mol. The molecule has 1 aromatic heterocycles. The van der Waals surface area contributed by atoms with Crippen molar-refractivity contribution in [3.8, 4) is 6.07 Å². The monoisotopic (exact) mass is 590 g/mol. The van der Waals surface area contributed by atoms with Gasteiger partial charge >= 0.3 is 0 Å². The van der Waals surface area contributed by atoms with Gasteiger partial charge in [0.05, 0.1) is 17.1 Å². The lowest BCUT2D eigenvalue weighted by Crippen LogP contribution is -2.39. The zero-order chi connectivity index (χ0) is 31.3. The lowest BCUT2D eigenvalue weighted by atomic mass is 9.97. The first-order chi connectivity index (χ1) is 20.4. The number of anilines is 1. The van der Waals surface area contributed by atoms with Crippen LogP contribution in [0.5, 0.6) is 0 Å². The molecular formula is C33H40F2N6O2. The molecule has 0 radical (unpaired) electrons. The number of imidazole rings is 1. The maximum Gasteiger partial charge on any atom is 0.264 e. The molecule has 10 heteroatoms. The van der Waals surface area contributed by atoms with Crippen LogP contribution in [0.4, 0.5) is 14.7 Å². The minimum Gasteiger partial charge on any atom is -0.333 e. The number of halogens is 2. The molecule has 1 atom stereocenters. The van der Waals surface area contributed by atoms with Crippen molar-refractivity contribution >= 4 is 28.8 Å². The molecule has 0 bridgehead atoms. The summed E-state index contributed by atoms with van der Waals surface area (Å²) in [6.07, 6.45) is 0.495. The Bertz CT molecular complexity index is 1550. The van der Waals surface area contributed by atoms with Gasteiger partial charge < -0.3 is 14.8 Å². The van der Waals surface area contributed by atoms with E-state index in [4.69, 9.17) is 4.98 Å². The number of nitriles is 1. The van der Waals surface area contributed by atoms with Gasteiger partial charge in [-0.15, -0.1) is 0 Å². The number of carbonyl (C=O) groups excluding carboxylic acids is 2. The van der Waals surface area contributed by atoms with E-state index in [1.807, 2.05) is 36.6 Å². The summed E-state index contributed by atoms with van der Waals surface area (Å²) in [7, 11) is 0. The molecule has 2 amide bonds. The minimum absolute atomic E-state index is 0.0507. The third kappa shape index (κ3) is 8.05. The maximum atomic E-state index is 13.3. The van der Waals surface area contributed by atoms with Gasteiger partial charge in [0.1, 0.15) is 11.6 Å². The molecule has 43 heavy (non-hydrogen) atoms. The molecule has 3 aromatic rings. The van der Waals surface area contributed by atoms with E-state index in [0.717, 1.165) is 30.5 Å². The van der Waals surface area contributed by atoms with Crippen molar-refractivity contribution < 1.29 is 18.4 Å². The first-order valence-corrected chi connectivity index (χ1v) is 14.7. The fourth-order valence-electron chi connectivity index (χ4n) is 5.28. The SMILES string of the molecule is CC(C)C=C(C#N)C(=O)N1CCC[C@@H]1Cn1c(NC(=O)c2cccc(C(F)F)c2)nc2cc(CNCC(C)(C)C)ccc21. The molecule has 1 saturated heterocycles. The summed E-state index contributed by atoms with van der Waals surface area (Å²) in [6, 6.07) is 13.1. The minimum atomic E-state index is -2.70. The first kappa shape index (κ1) is 31.8. The fraction of sp³-hybridized carbons (Fsp3) is 0.455. The number of hydrogen-bond donors (Lipinski definition) is 2. The highest BCUT2D eigenvalue weighted by atomic mass is 19.3. The van der Waals surface area contributed by atoms with Gasteiger partial charge in [0, 0.05) is 37.3 Å². The van der Waals surface area contributed by atoms with Crippen LogP contribution in [0.3, 0.4) is 0 Å². The number of fused-ring (bicyclic) bond motifs is 1. The van der Waals surface area contributed by atoms with E-state index in [-0.39, 0.29) is 45.9 Å². The van der Waals surface area contributed by atoms with Gasteiger partial charge in [-0.1, -0.05) is 58.9 Å². The molecule has 2 aromatic carbocycles. The van der Waals surface area contributed by atoms with E-state index in [2.05, 4.69) is 37.5 Å². The van der Waals surface area contributed by atoms with Crippen LogP contribution < -0.4 is 10.6 Å². The molecule has 2 N–H and O–H groups in total. The largest absolute Gasteiger partial charge is 0.333 e. The Hall–Kier alpha value is -4.10. The zero-order valence-corrected chi connectivity index (χ0v) is 25.5. The summed E-state index contributed by atoms with van der Waals surface area (Å²) in [4.78, 5) is 33.0. The number of amides is 2. The molecule has 8 nitrogen and oxygen atoms in total. The summed E-state index contributed by atoms with van der Waals surface area (Å²) in [5.74, 6) is -0.545. The van der Waals surface area contributed by atoms with E-state index in [9.17, 15) is 23.6 Å². The lowest BCUT2D eigenvalue weighted by molar-refractivity contribution is -0.127. The van der Waals surface area contributed by atoms with Crippen molar-refractivity contribution in [2.45, 2.75) is 73.0 Å². The predicted octanol–water partition coefficient (Wildman–Crippen LogP) is 6.46. The van der Waals surface area contributed by atoms with Crippen LogP contribution in [0.2, 0.25) is 0 Å². The van der Waals surface area contributed by atoms with E-state index in [1.54, 1.807) is 11.0 Å². The fourth-order valence-corrected chi connectivity index (χ4v) is 5.28. The maximum absolute atomic E-state index is 13.3. The number of carbonyl (C=O) groups is 2. The number of benzene rings is 2. The van der Waals surface area contributed by atoms with Crippen LogP contribution in [0.15, 0.2) is 54.1 Å². The van der Waals surface area contributed by atoms with Crippen molar-refractivity contribution in [1.82, 2.24) is 19.8 Å². The van der Waals surface area contributed by atoms with Gasteiger partial charge in [0.15, 0.2) is 0 Å². The molecule has 228 valence electrons. The molecule has 4 rings (SSSR count). The number of aromatic nitrogens is 2. The average Bonchev–Trinajstić information content (AvgIpc) is 3.55. The molecule has 1 aliphatic heterocycles. The van der Waals surface area contributed by atoms with E-state index in [1.165, 1.54) is 24.3 Å². The van der Waals surface area contributed by atoms with E-state index in [0.29, 0.717) is 25.2 Å². The van der Waals surface area contributed by atoms with Gasteiger partial charge in [0.25, 0.3) is 18.2 Å². The van der Waals surface area contributed by atoms with Crippen LogP contribution in [-0.4, -0.2) is 45.4 Å². The van der Waals surface area contributed by atoms with Gasteiger partial charge in [0.2, 0.25) is 5.95 Å². The van der Waals surface area contributed by atoms with Crippen molar-refractivity contribution in [3.63, 3.8) is 0 Å². The van der Waals surface area contributed by atoms with Crippen LogP contribution >= 0.6 is 0 Å². The molecule has 0 aliphatic carbocycles. The zero-order valence-electron chi connectivity index (χ0n) is 25.5. The van der Waals surface area contributed by atoms with Gasteiger partial charge in [-0.25, -0.2) is 13.8 Å². The van der Waals surface area contributed by atoms with E-state index < -0.39 is 12.3 Å². The number of alkyl halides is 2. The van der Waals surface area contributed by atoms with Crippen LogP contribution in [0.25, 0.3) is 11.0 Å². The molecule has 2 heterocycles. The second-order valence-corrected chi connectivity index (χ2v) is 12.6. The summed E-state index contributed by atoms with van der Waals surface area (Å²) >= 11 is 0. The number of rotatable bonds is 10. The standard InChI is InChI=1S/C33H40F2N6O2/c1-21(2)14-25(17-36)31(43)40-13-7-10-26(40)19-41-28-12-11-22(18-37-20-33(3,4)5)15-27(28)38-32(41)39-30(42)24-9-6-8-23(16-24)29(34)35/h6,8-9,11-12,14-16,21,26,29,37H,7,10,13,18-20H2,1-5H3,(H,38,39,42)/t26-/m1/s1. The quantitative estimate of drug-likeness (QED) is 0.208. The van der Waals surface area contributed by atoms with Crippen molar-refractivity contribution in [3.05, 3.63) is 70.8 Å². The van der Waals surface area contributed by atoms with Crippen molar-refractivity contribution in [2.75, 3.05) is 18.4 Å². The molecule has 0 spiro atoms. The highest BCUT2D eigenvalue weighted by Crippen LogP contribution is 2.28. The molecular weight excluding hydrogens is 550 g/mol. The van der Waals surface area contributed by atoms with Gasteiger partial charge in [-0.3, -0.25) is 14.9 Å². The Kier molecular flexibility index (Phi) is 9.97. The number of nitrogens with one attached hydrogen (secondary N) is 2. The van der Waals surface area contributed by atoms with Crippen LogP contribution in [-0.2, 0) is 17.9 Å². The number of nitrogens with zero attached hydrogens (tertiary/aromatic N) is 4. The second kappa shape index (κ2) is 13.5. The Labute approximate surface area is 251 Å². The van der Waals surface area contributed by atoms with Crippen molar-refractivity contribution in [1.29, 1.82) is 5.26 Å². The Morgan fingerprint density at radius 1 is 1.19 bits per heavy atom. The summed E-state index contributed by atoms with van der Waals surface area (Å²) < 4.78 is 28.5. The number of allylic oxidation sites excluding steroid dienone is 1. The first-order valence-electron chi connectivity index (χ1n) is 14.7. The van der Waals surface area contributed by atoms with Crippen LogP contribution in [0.1, 0.15) is 75.4 Å². The van der Waals surface area contributed by atoms with Crippen LogP contribution in [0, 0.1) is 22.7 Å². The summed E-state index contributed by atoms with van der Waals surface area (Å²) in [6.45, 7) is 12.7. The molecule has 0 saturated carbocycles. The Morgan fingerprint density at radius 3 is 2.63 bits per heavy atom. The molecule has 0 unspecified atom stereocenters. The van der Waals surface area contributed by atoms with Crippen molar-refractivity contribution in [2.24, 2.45) is 11.3 Å².